The predicted octanol–water partition coefficient (Wildman–Crippen LogP) is 14.8. The maximum Gasteiger partial charge on any atom is 0.408 e. The first-order chi connectivity index (χ1) is 54.3. The number of aromatic nitrogens is 4. The normalized spacial score (nSPS) is 15.9. The number of carbonyl (C=O) groups excluding carboxylic acids is 4. The predicted molar refractivity (Wildman–Crippen MR) is 443 cm³/mol. The number of nitrogens with one attached hydrogen (secondary N) is 5. The van der Waals surface area contributed by atoms with Gasteiger partial charge in [-0.15, -0.1) is 0 Å². The van der Waals surface area contributed by atoms with Crippen molar-refractivity contribution in [2.45, 2.75) is 121 Å². The van der Waals surface area contributed by atoms with Crippen LogP contribution in [0.25, 0.3) is 55.3 Å². The summed E-state index contributed by atoms with van der Waals surface area (Å²) < 4.78 is 22.5. The largest absolute Gasteiger partial charge is 0.496 e. The SMILES string of the molecule is C.CN1CCC(N)CC1.CN1CCC(NC(=O)[C@@H](NC(=O)OCC2c3ccccc3-c3ccccc32)c2ccccc2)CC1.COc1cc2c(cc1-c1c(C)noc1C)[nH]c1nc(C)nc(N[C@H](C(=O)NC3CCN(C)CC3)c3ccccc3)c12.O=C(C[C@H](C(=O)O)c1ccccc1)OCC1c2ccccc2-c2ccccc21. The summed E-state index contributed by atoms with van der Waals surface area (Å²) >= 11 is 0. The van der Waals surface area contributed by atoms with Gasteiger partial charge in [0, 0.05) is 46.4 Å². The van der Waals surface area contributed by atoms with E-state index in [1.807, 2.05) is 148 Å². The molecular weight excluding hydrogens is 1420 g/mol. The number of aliphatic carboxylic acids is 1. The molecule has 0 unspecified atom stereocenters. The molecule has 16 rings (SSSR count). The number of fused-ring (bicyclic) bond motifs is 9. The average Bonchev–Trinajstić information content (AvgIpc) is 1.59. The van der Waals surface area contributed by atoms with Gasteiger partial charge in [0.1, 0.15) is 54.1 Å². The van der Waals surface area contributed by atoms with E-state index in [0.29, 0.717) is 34.6 Å². The molecular formula is C91H104N12O10. The lowest BCUT2D eigenvalue weighted by molar-refractivity contribution is -0.149. The number of carboxylic acids is 1. The van der Waals surface area contributed by atoms with E-state index in [0.717, 1.165) is 135 Å². The smallest absolute Gasteiger partial charge is 0.408 e. The molecule has 113 heavy (non-hydrogen) atoms. The number of amides is 3. The number of carbonyl (C=O) groups is 5. The van der Waals surface area contributed by atoms with Gasteiger partial charge in [-0.2, -0.15) is 0 Å². The second-order valence-corrected chi connectivity index (χ2v) is 29.8. The molecule has 22 heteroatoms. The van der Waals surface area contributed by atoms with Crippen molar-refractivity contribution in [1.82, 2.24) is 50.8 Å². The summed E-state index contributed by atoms with van der Waals surface area (Å²) in [6.07, 6.45) is 5.22. The summed E-state index contributed by atoms with van der Waals surface area (Å²) in [6, 6.07) is 63.8. The number of hydrogen-bond acceptors (Lipinski definition) is 17. The summed E-state index contributed by atoms with van der Waals surface area (Å²) in [5.41, 5.74) is 21.2. The van der Waals surface area contributed by atoms with Crippen LogP contribution in [0.4, 0.5) is 10.6 Å². The third-order valence-electron chi connectivity index (χ3n) is 22.0. The Morgan fingerprint density at radius 1 is 0.558 bits per heavy atom. The van der Waals surface area contributed by atoms with E-state index in [-0.39, 0.29) is 62.8 Å². The maximum atomic E-state index is 13.8. The molecule has 0 spiro atoms. The van der Waals surface area contributed by atoms with Crippen LogP contribution in [-0.4, -0.2) is 169 Å². The van der Waals surface area contributed by atoms with E-state index in [9.17, 15) is 29.1 Å². The number of carboxylic acid groups (broad SMARTS) is 1. The van der Waals surface area contributed by atoms with Gasteiger partial charge in [0.05, 0.1) is 36.1 Å². The Bertz CT molecular complexity index is 4950. The molecule has 3 aliphatic heterocycles. The molecule has 0 saturated carbocycles. The van der Waals surface area contributed by atoms with Crippen molar-refractivity contribution in [3.8, 4) is 39.1 Å². The van der Waals surface area contributed by atoms with Gasteiger partial charge in [-0.3, -0.25) is 19.2 Å². The number of aromatic amines is 1. The van der Waals surface area contributed by atoms with Crippen molar-refractivity contribution in [3.63, 3.8) is 0 Å². The molecule has 8 N–H and O–H groups in total. The zero-order valence-electron chi connectivity index (χ0n) is 64.7. The van der Waals surface area contributed by atoms with Gasteiger partial charge in [-0.1, -0.05) is 201 Å². The molecule has 11 aromatic rings. The fraction of sp³-hybridized carbons (Fsp3) is 0.341. The molecule has 6 heterocycles. The van der Waals surface area contributed by atoms with Crippen molar-refractivity contribution < 1.29 is 47.8 Å². The topological polar surface area (TPSA) is 285 Å². The van der Waals surface area contributed by atoms with Crippen LogP contribution < -0.4 is 31.7 Å². The second-order valence-electron chi connectivity index (χ2n) is 29.8. The first-order valence-electron chi connectivity index (χ1n) is 38.7. The van der Waals surface area contributed by atoms with Gasteiger partial charge in [0.2, 0.25) is 11.8 Å². The number of likely N-dealkylation sites (tertiary alicyclic amines) is 3. The van der Waals surface area contributed by atoms with Crippen molar-refractivity contribution >= 4 is 57.6 Å². The molecule has 22 nitrogen and oxygen atoms in total. The summed E-state index contributed by atoms with van der Waals surface area (Å²) in [5, 5.41) is 28.0. The van der Waals surface area contributed by atoms with E-state index in [2.05, 4.69) is 116 Å². The lowest BCUT2D eigenvalue weighted by atomic mass is 9.96. The summed E-state index contributed by atoms with van der Waals surface area (Å²) in [7, 11) is 7.99. The quantitative estimate of drug-likeness (QED) is 0.0370. The molecule has 3 aromatic heterocycles. The van der Waals surface area contributed by atoms with Crippen LogP contribution in [0.15, 0.2) is 205 Å². The highest BCUT2D eigenvalue weighted by Crippen LogP contribution is 2.47. The van der Waals surface area contributed by atoms with Gasteiger partial charge in [0.15, 0.2) is 0 Å². The van der Waals surface area contributed by atoms with E-state index in [1.165, 1.54) is 37.1 Å². The van der Waals surface area contributed by atoms with Gasteiger partial charge in [-0.25, -0.2) is 14.8 Å². The number of methoxy groups -OCH3 is 1. The summed E-state index contributed by atoms with van der Waals surface area (Å²) in [5.74, 6) is -0.213. The number of benzene rings is 8. The highest BCUT2D eigenvalue weighted by Gasteiger charge is 2.35. The molecule has 0 bridgehead atoms. The molecule has 3 atom stereocenters. The lowest BCUT2D eigenvalue weighted by Gasteiger charge is -2.31. The minimum atomic E-state index is -1.03. The number of alkyl carbamates (subject to hydrolysis) is 1. The van der Waals surface area contributed by atoms with Crippen LogP contribution in [-0.2, 0) is 28.7 Å². The van der Waals surface area contributed by atoms with Crippen LogP contribution in [0, 0.1) is 20.8 Å². The van der Waals surface area contributed by atoms with Crippen LogP contribution in [0.5, 0.6) is 5.75 Å². The van der Waals surface area contributed by atoms with Crippen LogP contribution in [0.3, 0.4) is 0 Å². The molecule has 5 aliphatic rings. The highest BCUT2D eigenvalue weighted by atomic mass is 16.5. The Hall–Kier alpha value is -11.6. The van der Waals surface area contributed by atoms with Crippen molar-refractivity contribution in [1.29, 1.82) is 0 Å². The number of H-pyrrole nitrogens is 1. The first-order valence-corrected chi connectivity index (χ1v) is 38.7. The summed E-state index contributed by atoms with van der Waals surface area (Å²) in [4.78, 5) is 83.8. The number of hydrogen-bond donors (Lipinski definition) is 7. The Kier molecular flexibility index (Phi) is 27.0. The number of nitrogens with zero attached hydrogens (tertiary/aromatic N) is 6. The van der Waals surface area contributed by atoms with Crippen molar-refractivity contribution in [3.05, 3.63) is 256 Å². The highest BCUT2D eigenvalue weighted by molar-refractivity contribution is 6.13. The van der Waals surface area contributed by atoms with Crippen LogP contribution >= 0.6 is 0 Å². The van der Waals surface area contributed by atoms with E-state index in [1.54, 1.807) is 31.4 Å². The van der Waals surface area contributed by atoms with Gasteiger partial charge < -0.3 is 70.5 Å². The third-order valence-corrected chi connectivity index (χ3v) is 22.0. The second kappa shape index (κ2) is 37.6. The number of ether oxygens (including phenoxy) is 3. The van der Waals surface area contributed by atoms with Crippen LogP contribution in [0.2, 0.25) is 0 Å². The summed E-state index contributed by atoms with van der Waals surface area (Å²) in [6.45, 7) is 12.2. The first kappa shape index (κ1) is 80.9. The molecule has 588 valence electrons. The number of piperidine rings is 3. The van der Waals surface area contributed by atoms with E-state index >= 15 is 0 Å². The Morgan fingerprint density at radius 2 is 0.991 bits per heavy atom. The van der Waals surface area contributed by atoms with Crippen LogP contribution in [0.1, 0.15) is 138 Å². The van der Waals surface area contributed by atoms with Crippen molar-refractivity contribution in [2.75, 3.05) is 86.1 Å². The maximum absolute atomic E-state index is 13.8. The number of esters is 1. The lowest BCUT2D eigenvalue weighted by Crippen LogP contribution is -2.48. The minimum absolute atomic E-state index is 0. The Morgan fingerprint density at radius 3 is 1.44 bits per heavy atom. The zero-order valence-corrected chi connectivity index (χ0v) is 64.7. The van der Waals surface area contributed by atoms with E-state index < -0.39 is 36.0 Å². The Balaban J connectivity index is 0.000000151. The fourth-order valence-electron chi connectivity index (χ4n) is 15.8. The van der Waals surface area contributed by atoms with Gasteiger partial charge >= 0.3 is 18.0 Å². The van der Waals surface area contributed by atoms with E-state index in [4.69, 9.17) is 34.4 Å². The monoisotopic (exact) mass is 1520 g/mol. The average molecular weight is 1530 g/mol. The molecule has 2 aliphatic carbocycles. The fourth-order valence-corrected chi connectivity index (χ4v) is 15.8. The molecule has 8 aromatic carbocycles. The number of aryl methyl sites for hydroxylation is 3. The minimum Gasteiger partial charge on any atom is -0.496 e. The number of nitrogens with two attached hydrogens (primary N) is 1. The number of rotatable bonds is 19. The molecule has 0 radical (unpaired) electrons. The molecule has 3 saturated heterocycles. The van der Waals surface area contributed by atoms with Crippen molar-refractivity contribution in [2.24, 2.45) is 5.73 Å². The molecule has 3 fully saturated rings. The number of anilines is 1. The zero-order chi connectivity index (χ0) is 78.4. The van der Waals surface area contributed by atoms with Gasteiger partial charge in [-0.05, 0) is 193 Å². The van der Waals surface area contributed by atoms with Gasteiger partial charge in [0.25, 0.3) is 0 Å². The Labute approximate surface area is 661 Å². The molecule has 3 amide bonds. The third kappa shape index (κ3) is 19.5. The standard InChI is InChI=1S/C31H35N7O3.C29H31N3O3.C24H20O4.C6H14N2.CH4/c1-17-26(18(2)41-37-17)23-15-24-22(16-25(23)40-5)27-29(35-24)32-19(3)33-30(27)36-28(20-9-7-6-8-10-20)31(39)34-21-11-13-38(4)14-12-21;1-32-17-15-21(16-18-32)30-28(33)27(20-9-3-2-4-10-20)31-29(34)35-19-26-24-13-7-5-11-22(24)23-12-6-8-14-25(23)26;25-23(14-21(24(26)27)16-8-2-1-3-9-16)28-15-22-19-12-6-4-10-17(19)18-11-5-7-13-20(18)22;1-8-4-2-6(7)3-5-8;/h6-10,15-16,21,28H,11-14H2,1-5H3,(H,34,39)(H2,32,33,35,36);2-14,21,26-27H,15-19H2,1H3,(H,30,33)(H,31,34);1-13,21-22H,14-15H2,(H,26,27);6H,2-5,7H2,1H3;1H4/t28-;27-;21-;;/m000../s1.